The maximum Gasteiger partial charge on any atom is 0.305 e. The molecule has 0 aliphatic carbocycles. The van der Waals surface area contributed by atoms with Crippen LogP contribution in [0.3, 0.4) is 0 Å². The van der Waals surface area contributed by atoms with E-state index in [0.717, 1.165) is 0 Å². The van der Waals surface area contributed by atoms with Crippen LogP contribution in [-0.4, -0.2) is 34.9 Å². The lowest BCUT2D eigenvalue weighted by Crippen LogP contribution is -2.12. The van der Waals surface area contributed by atoms with Gasteiger partial charge >= 0.3 is 11.9 Å². The van der Waals surface area contributed by atoms with Crippen molar-refractivity contribution in [3.05, 3.63) is 0 Å². The van der Waals surface area contributed by atoms with E-state index in [-0.39, 0.29) is 25.4 Å². The zero-order valence-corrected chi connectivity index (χ0v) is 9.65. The van der Waals surface area contributed by atoms with Crippen molar-refractivity contribution in [1.29, 1.82) is 0 Å². The topological polar surface area (TPSA) is 83.8 Å². The first-order chi connectivity index (χ1) is 7.56. The fourth-order valence-electron chi connectivity index (χ4n) is 1.13. The molecular formula is C11H20O5. The number of carboxylic acid groups (broad SMARTS) is 1. The summed E-state index contributed by atoms with van der Waals surface area (Å²) in [5.41, 5.74) is 0. The van der Waals surface area contributed by atoms with Gasteiger partial charge in [0.1, 0.15) is 0 Å². The van der Waals surface area contributed by atoms with E-state index in [1.165, 1.54) is 0 Å². The second-order valence-electron chi connectivity index (χ2n) is 3.67. The van der Waals surface area contributed by atoms with Gasteiger partial charge in [-0.25, -0.2) is 0 Å². The van der Waals surface area contributed by atoms with E-state index in [1.807, 2.05) is 6.92 Å². The Balaban J connectivity index is 3.34. The van der Waals surface area contributed by atoms with Crippen molar-refractivity contribution in [2.75, 3.05) is 6.61 Å². The number of aliphatic hydroxyl groups excluding tert-OH is 1. The molecular weight excluding hydrogens is 212 g/mol. The highest BCUT2D eigenvalue weighted by Gasteiger charge is 2.06. The SMILES string of the molecule is CCC(O)CCOC(=O)CCCCC(=O)O. The third kappa shape index (κ3) is 9.45. The minimum atomic E-state index is -0.848. The molecule has 0 radical (unpaired) electrons. The van der Waals surface area contributed by atoms with Crippen LogP contribution in [0.5, 0.6) is 0 Å². The van der Waals surface area contributed by atoms with Crippen LogP contribution in [0.2, 0.25) is 0 Å². The highest BCUT2D eigenvalue weighted by atomic mass is 16.5. The van der Waals surface area contributed by atoms with Crippen LogP contribution < -0.4 is 0 Å². The van der Waals surface area contributed by atoms with E-state index in [0.29, 0.717) is 25.7 Å². The Kier molecular flexibility index (Phi) is 8.52. The molecule has 5 heteroatoms. The number of esters is 1. The number of unbranched alkanes of at least 4 members (excludes halogenated alkanes) is 1. The summed E-state index contributed by atoms with van der Waals surface area (Å²) >= 11 is 0. The molecule has 94 valence electrons. The van der Waals surface area contributed by atoms with Gasteiger partial charge in [0.15, 0.2) is 0 Å². The monoisotopic (exact) mass is 232 g/mol. The van der Waals surface area contributed by atoms with Gasteiger partial charge in [-0.15, -0.1) is 0 Å². The lowest BCUT2D eigenvalue weighted by atomic mass is 10.2. The summed E-state index contributed by atoms with van der Waals surface area (Å²) in [5, 5.41) is 17.6. The molecule has 0 saturated heterocycles. The average Bonchev–Trinajstić information content (AvgIpc) is 2.24. The fourth-order valence-corrected chi connectivity index (χ4v) is 1.13. The summed E-state index contributed by atoms with van der Waals surface area (Å²) in [4.78, 5) is 21.3. The van der Waals surface area contributed by atoms with E-state index in [2.05, 4.69) is 0 Å². The zero-order valence-electron chi connectivity index (χ0n) is 9.65. The molecule has 0 spiro atoms. The highest BCUT2D eigenvalue weighted by Crippen LogP contribution is 2.03. The van der Waals surface area contributed by atoms with Crippen molar-refractivity contribution in [3.8, 4) is 0 Å². The molecule has 0 bridgehead atoms. The van der Waals surface area contributed by atoms with Crippen molar-refractivity contribution in [3.63, 3.8) is 0 Å². The second-order valence-corrected chi connectivity index (χ2v) is 3.67. The van der Waals surface area contributed by atoms with Gasteiger partial charge in [-0.05, 0) is 19.3 Å². The largest absolute Gasteiger partial charge is 0.481 e. The molecule has 2 N–H and O–H groups in total. The molecule has 5 nitrogen and oxygen atoms in total. The molecule has 0 rings (SSSR count). The van der Waals surface area contributed by atoms with Gasteiger partial charge in [-0.2, -0.15) is 0 Å². The molecule has 1 unspecified atom stereocenters. The molecule has 0 aromatic heterocycles. The number of aliphatic carboxylic acids is 1. The Morgan fingerprint density at radius 2 is 1.88 bits per heavy atom. The predicted molar refractivity (Wildman–Crippen MR) is 58.0 cm³/mol. The molecule has 16 heavy (non-hydrogen) atoms. The zero-order chi connectivity index (χ0) is 12.4. The number of aliphatic hydroxyl groups is 1. The van der Waals surface area contributed by atoms with E-state index in [1.54, 1.807) is 0 Å². The first-order valence-corrected chi connectivity index (χ1v) is 5.61. The summed E-state index contributed by atoms with van der Waals surface area (Å²) in [6, 6.07) is 0. The lowest BCUT2D eigenvalue weighted by Gasteiger charge is -2.08. The Bertz CT molecular complexity index is 214. The number of rotatable bonds is 9. The fraction of sp³-hybridized carbons (Fsp3) is 0.818. The quantitative estimate of drug-likeness (QED) is 0.463. The Labute approximate surface area is 95.4 Å². The van der Waals surface area contributed by atoms with Gasteiger partial charge in [-0.1, -0.05) is 6.92 Å². The number of carbonyl (C=O) groups excluding carboxylic acids is 1. The van der Waals surface area contributed by atoms with Gasteiger partial charge in [0.05, 0.1) is 12.7 Å². The van der Waals surface area contributed by atoms with E-state index in [9.17, 15) is 14.7 Å². The predicted octanol–water partition coefficient (Wildman–Crippen LogP) is 1.34. The summed E-state index contributed by atoms with van der Waals surface area (Å²) in [6.07, 6.45) is 2.04. The number of hydrogen-bond donors (Lipinski definition) is 2. The Morgan fingerprint density at radius 3 is 2.44 bits per heavy atom. The molecule has 0 fully saturated rings. The van der Waals surface area contributed by atoms with Crippen molar-refractivity contribution >= 4 is 11.9 Å². The minimum Gasteiger partial charge on any atom is -0.481 e. The number of hydrogen-bond acceptors (Lipinski definition) is 4. The van der Waals surface area contributed by atoms with Crippen molar-refractivity contribution < 1.29 is 24.5 Å². The third-order valence-electron chi connectivity index (χ3n) is 2.21. The standard InChI is InChI=1S/C11H20O5/c1-2-9(12)7-8-16-11(15)6-4-3-5-10(13)14/h9,12H,2-8H2,1H3,(H,13,14). The minimum absolute atomic E-state index is 0.0851. The smallest absolute Gasteiger partial charge is 0.305 e. The molecule has 0 aliphatic heterocycles. The average molecular weight is 232 g/mol. The number of carbonyl (C=O) groups is 2. The van der Waals surface area contributed by atoms with Gasteiger partial charge < -0.3 is 14.9 Å². The van der Waals surface area contributed by atoms with Gasteiger partial charge in [0.2, 0.25) is 0 Å². The van der Waals surface area contributed by atoms with Gasteiger partial charge in [0.25, 0.3) is 0 Å². The highest BCUT2D eigenvalue weighted by molar-refractivity contribution is 5.69. The van der Waals surface area contributed by atoms with Crippen LogP contribution in [0.25, 0.3) is 0 Å². The summed E-state index contributed by atoms with van der Waals surface area (Å²) in [5.74, 6) is -1.17. The van der Waals surface area contributed by atoms with E-state index < -0.39 is 12.1 Å². The maximum atomic E-state index is 11.1. The summed E-state index contributed by atoms with van der Waals surface area (Å²) in [7, 11) is 0. The third-order valence-corrected chi connectivity index (χ3v) is 2.21. The van der Waals surface area contributed by atoms with Crippen LogP contribution in [0.4, 0.5) is 0 Å². The normalized spacial score (nSPS) is 12.1. The molecule has 0 aliphatic rings. The Hall–Kier alpha value is -1.10. The van der Waals surface area contributed by atoms with Crippen molar-refractivity contribution in [1.82, 2.24) is 0 Å². The number of carboxylic acids is 1. The van der Waals surface area contributed by atoms with Gasteiger partial charge in [0, 0.05) is 19.3 Å². The Morgan fingerprint density at radius 1 is 1.25 bits per heavy atom. The van der Waals surface area contributed by atoms with Crippen LogP contribution in [0.1, 0.15) is 45.4 Å². The van der Waals surface area contributed by atoms with E-state index >= 15 is 0 Å². The number of ether oxygens (including phenoxy) is 1. The van der Waals surface area contributed by atoms with E-state index in [4.69, 9.17) is 9.84 Å². The van der Waals surface area contributed by atoms with Crippen molar-refractivity contribution in [2.24, 2.45) is 0 Å². The van der Waals surface area contributed by atoms with Gasteiger partial charge in [-0.3, -0.25) is 9.59 Å². The van der Waals surface area contributed by atoms with Crippen LogP contribution in [0.15, 0.2) is 0 Å². The summed E-state index contributed by atoms with van der Waals surface area (Å²) < 4.78 is 4.88. The molecule has 0 heterocycles. The maximum absolute atomic E-state index is 11.1. The van der Waals surface area contributed by atoms with Crippen molar-refractivity contribution in [2.45, 2.75) is 51.6 Å². The molecule has 0 amide bonds. The van der Waals surface area contributed by atoms with Crippen LogP contribution in [-0.2, 0) is 14.3 Å². The molecule has 0 aromatic carbocycles. The molecule has 1 atom stereocenters. The second kappa shape index (κ2) is 9.15. The molecule has 0 aromatic rings. The first kappa shape index (κ1) is 14.9. The molecule has 0 saturated carbocycles. The van der Waals surface area contributed by atoms with Crippen LogP contribution >= 0.6 is 0 Å². The summed E-state index contributed by atoms with van der Waals surface area (Å²) in [6.45, 7) is 2.09. The van der Waals surface area contributed by atoms with Crippen LogP contribution in [0, 0.1) is 0 Å². The first-order valence-electron chi connectivity index (χ1n) is 5.61. The lowest BCUT2D eigenvalue weighted by molar-refractivity contribution is -0.145.